The minimum Gasteiger partial charge on any atom is -0.391 e. The lowest BCUT2D eigenvalue weighted by Gasteiger charge is -1.98. The van der Waals surface area contributed by atoms with Crippen molar-refractivity contribution in [2.45, 2.75) is 6.61 Å². The van der Waals surface area contributed by atoms with Crippen LogP contribution in [0.15, 0.2) is 28.9 Å². The molecule has 78 valence electrons. The van der Waals surface area contributed by atoms with Crippen LogP contribution in [0.1, 0.15) is 4.88 Å². The minimum absolute atomic E-state index is 0.0597. The Morgan fingerprint density at radius 1 is 1.47 bits per heavy atom. The molecule has 0 saturated carbocycles. The zero-order valence-corrected chi connectivity index (χ0v) is 9.98. The largest absolute Gasteiger partial charge is 0.391 e. The molecule has 15 heavy (non-hydrogen) atoms. The molecule has 0 spiro atoms. The van der Waals surface area contributed by atoms with Gasteiger partial charge in [-0.05, 0) is 18.2 Å². The van der Waals surface area contributed by atoms with Crippen LogP contribution in [0.5, 0.6) is 0 Å². The van der Waals surface area contributed by atoms with Crippen molar-refractivity contribution in [3.05, 3.63) is 39.6 Å². The summed E-state index contributed by atoms with van der Waals surface area (Å²) in [5, 5.41) is 9.47. The lowest BCUT2D eigenvalue weighted by atomic mass is 10.2. The molecule has 0 saturated heterocycles. The van der Waals surface area contributed by atoms with Crippen LogP contribution in [0.2, 0.25) is 0 Å². The number of aromatic nitrogens is 1. The molecule has 2 nitrogen and oxygen atoms in total. The quantitative estimate of drug-likeness (QED) is 0.920. The minimum atomic E-state index is -0.316. The van der Waals surface area contributed by atoms with E-state index in [-0.39, 0.29) is 12.4 Å². The van der Waals surface area contributed by atoms with Gasteiger partial charge in [-0.2, -0.15) is 0 Å². The monoisotopic (exact) mass is 287 g/mol. The molecule has 0 aliphatic heterocycles. The van der Waals surface area contributed by atoms with Crippen molar-refractivity contribution in [1.29, 1.82) is 0 Å². The van der Waals surface area contributed by atoms with E-state index in [0.717, 1.165) is 4.88 Å². The molecule has 0 amide bonds. The van der Waals surface area contributed by atoms with Crippen molar-refractivity contribution in [2.75, 3.05) is 0 Å². The van der Waals surface area contributed by atoms with Crippen molar-refractivity contribution < 1.29 is 9.50 Å². The van der Waals surface area contributed by atoms with Crippen LogP contribution in [0, 0.1) is 5.82 Å². The van der Waals surface area contributed by atoms with Crippen LogP contribution in [-0.2, 0) is 6.61 Å². The average molecular weight is 288 g/mol. The van der Waals surface area contributed by atoms with Gasteiger partial charge >= 0.3 is 0 Å². The lowest BCUT2D eigenvalue weighted by molar-refractivity contribution is 0.285. The summed E-state index contributed by atoms with van der Waals surface area (Å²) in [7, 11) is 0. The Kier molecular flexibility index (Phi) is 3.14. The Labute approximate surface area is 98.5 Å². The molecular weight excluding hydrogens is 281 g/mol. The van der Waals surface area contributed by atoms with Crippen LogP contribution in [0.4, 0.5) is 4.39 Å². The number of nitrogens with zero attached hydrogens (tertiary/aromatic N) is 1. The fourth-order valence-corrected chi connectivity index (χ4v) is 2.30. The van der Waals surface area contributed by atoms with Crippen LogP contribution in [-0.4, -0.2) is 10.1 Å². The van der Waals surface area contributed by atoms with Gasteiger partial charge in [0.1, 0.15) is 10.8 Å². The van der Waals surface area contributed by atoms with E-state index in [1.165, 1.54) is 17.4 Å². The van der Waals surface area contributed by atoms with E-state index < -0.39 is 0 Å². The molecular formula is C10H7BrFNOS. The fourth-order valence-electron chi connectivity index (χ4n) is 1.17. The number of rotatable bonds is 2. The maximum atomic E-state index is 13.5. The van der Waals surface area contributed by atoms with Crippen molar-refractivity contribution in [2.24, 2.45) is 0 Å². The summed E-state index contributed by atoms with van der Waals surface area (Å²) in [5.41, 5.74) is 0.461. The van der Waals surface area contributed by atoms with E-state index in [1.54, 1.807) is 18.3 Å². The second kappa shape index (κ2) is 4.38. The van der Waals surface area contributed by atoms with Gasteiger partial charge in [0.25, 0.3) is 0 Å². The molecule has 1 N–H and O–H groups in total. The second-order valence-electron chi connectivity index (χ2n) is 2.91. The third-order valence-electron chi connectivity index (χ3n) is 1.87. The Morgan fingerprint density at radius 2 is 2.27 bits per heavy atom. The molecule has 2 rings (SSSR count). The smallest absolute Gasteiger partial charge is 0.134 e. The number of hydrogen-bond donors (Lipinski definition) is 1. The fraction of sp³-hybridized carbons (Fsp3) is 0.100. The predicted octanol–water partition coefficient (Wildman–Crippen LogP) is 3.20. The molecule has 0 unspecified atom stereocenters. The highest BCUT2D eigenvalue weighted by Crippen LogP contribution is 2.29. The van der Waals surface area contributed by atoms with E-state index in [2.05, 4.69) is 20.9 Å². The van der Waals surface area contributed by atoms with Crippen LogP contribution < -0.4 is 0 Å². The van der Waals surface area contributed by atoms with Crippen LogP contribution >= 0.6 is 27.3 Å². The molecule has 0 atom stereocenters. The lowest BCUT2D eigenvalue weighted by Crippen LogP contribution is -1.82. The van der Waals surface area contributed by atoms with Crippen LogP contribution in [0.25, 0.3) is 10.6 Å². The molecule has 0 radical (unpaired) electrons. The maximum absolute atomic E-state index is 13.5. The third-order valence-corrected chi connectivity index (χ3v) is 3.38. The topological polar surface area (TPSA) is 33.1 Å². The Balaban J connectivity index is 2.44. The third kappa shape index (κ3) is 2.25. The van der Waals surface area contributed by atoms with Gasteiger partial charge in [-0.15, -0.1) is 11.3 Å². The number of aliphatic hydroxyl groups is 1. The van der Waals surface area contributed by atoms with E-state index in [4.69, 9.17) is 5.11 Å². The molecule has 2 aromatic rings. The molecule has 0 bridgehead atoms. The SMILES string of the molecule is OCc1cnc(-c2ccc(Br)cc2F)s1. The van der Waals surface area contributed by atoms with Crippen molar-refractivity contribution in [1.82, 2.24) is 4.98 Å². The summed E-state index contributed by atoms with van der Waals surface area (Å²) >= 11 is 4.48. The van der Waals surface area contributed by atoms with Crippen molar-refractivity contribution in [3.63, 3.8) is 0 Å². The standard InChI is InChI=1S/C10H7BrFNOS/c11-6-1-2-8(9(12)3-6)10-13-4-7(5-14)15-10/h1-4,14H,5H2. The Bertz CT molecular complexity index is 486. The second-order valence-corrected chi connectivity index (χ2v) is 4.94. The summed E-state index contributed by atoms with van der Waals surface area (Å²) in [4.78, 5) is 4.78. The molecule has 1 aromatic carbocycles. The number of aliphatic hydroxyl groups excluding tert-OH is 1. The van der Waals surface area contributed by atoms with Gasteiger partial charge < -0.3 is 5.11 Å². The van der Waals surface area contributed by atoms with Gasteiger partial charge in [-0.3, -0.25) is 0 Å². The van der Waals surface area contributed by atoms with Gasteiger partial charge in [0.2, 0.25) is 0 Å². The molecule has 1 heterocycles. The normalized spacial score (nSPS) is 10.6. The number of hydrogen-bond acceptors (Lipinski definition) is 3. The van der Waals surface area contributed by atoms with Gasteiger partial charge in [0.15, 0.2) is 0 Å². The highest BCUT2D eigenvalue weighted by atomic mass is 79.9. The Hall–Kier alpha value is -0.780. The van der Waals surface area contributed by atoms with Crippen molar-refractivity contribution in [3.8, 4) is 10.6 Å². The van der Waals surface area contributed by atoms with E-state index in [1.807, 2.05) is 0 Å². The van der Waals surface area contributed by atoms with E-state index in [9.17, 15) is 4.39 Å². The zero-order chi connectivity index (χ0) is 10.8. The molecule has 0 aliphatic rings. The summed E-state index contributed by atoms with van der Waals surface area (Å²) < 4.78 is 14.2. The first-order valence-electron chi connectivity index (χ1n) is 4.21. The first kappa shape index (κ1) is 10.7. The maximum Gasteiger partial charge on any atom is 0.134 e. The van der Waals surface area contributed by atoms with Gasteiger partial charge in [-0.1, -0.05) is 15.9 Å². The van der Waals surface area contributed by atoms with Crippen LogP contribution in [0.3, 0.4) is 0 Å². The summed E-state index contributed by atoms with van der Waals surface area (Å²) in [6.45, 7) is -0.0597. The van der Waals surface area contributed by atoms with Gasteiger partial charge in [-0.25, -0.2) is 9.37 Å². The predicted molar refractivity (Wildman–Crippen MR) is 61.1 cm³/mol. The first-order valence-corrected chi connectivity index (χ1v) is 5.82. The highest BCUT2D eigenvalue weighted by molar-refractivity contribution is 9.10. The van der Waals surface area contributed by atoms with Gasteiger partial charge in [0, 0.05) is 16.2 Å². The number of halogens is 2. The van der Waals surface area contributed by atoms with E-state index >= 15 is 0 Å². The number of benzene rings is 1. The van der Waals surface area contributed by atoms with Crippen molar-refractivity contribution >= 4 is 27.3 Å². The first-order chi connectivity index (χ1) is 7.20. The van der Waals surface area contributed by atoms with E-state index in [0.29, 0.717) is 15.0 Å². The van der Waals surface area contributed by atoms with Gasteiger partial charge in [0.05, 0.1) is 11.5 Å². The number of thiazole rings is 1. The zero-order valence-electron chi connectivity index (χ0n) is 7.58. The summed E-state index contributed by atoms with van der Waals surface area (Å²) in [6.07, 6.45) is 1.56. The molecule has 0 fully saturated rings. The molecule has 5 heteroatoms. The Morgan fingerprint density at radius 3 is 2.87 bits per heavy atom. The molecule has 0 aliphatic carbocycles. The molecule has 1 aromatic heterocycles. The summed E-state index contributed by atoms with van der Waals surface area (Å²) in [6, 6.07) is 4.83. The summed E-state index contributed by atoms with van der Waals surface area (Å²) in [5.74, 6) is -0.316. The highest BCUT2D eigenvalue weighted by Gasteiger charge is 2.09. The average Bonchev–Trinajstić information content (AvgIpc) is 2.66.